The number of hydrogen-bond donors (Lipinski definition) is 1. The molecule has 25 heavy (non-hydrogen) atoms. The highest BCUT2D eigenvalue weighted by molar-refractivity contribution is 7.98. The smallest absolute Gasteiger partial charge is 0.161 e. The number of nitrogens with one attached hydrogen (secondary N) is 1. The van der Waals surface area contributed by atoms with Crippen molar-refractivity contribution in [2.24, 2.45) is 0 Å². The number of benzene rings is 1. The second-order valence-corrected chi connectivity index (χ2v) is 7.14. The molecule has 0 atom stereocenters. The second-order valence-electron chi connectivity index (χ2n) is 6.34. The van der Waals surface area contributed by atoms with Crippen LogP contribution < -0.4 is 4.90 Å². The van der Waals surface area contributed by atoms with E-state index in [0.29, 0.717) is 0 Å². The summed E-state index contributed by atoms with van der Waals surface area (Å²) in [6.07, 6.45) is 3.66. The van der Waals surface area contributed by atoms with Gasteiger partial charge in [-0.3, -0.25) is 10.00 Å². The highest BCUT2D eigenvalue weighted by atomic mass is 32.2. The molecule has 1 aliphatic rings. The predicted octanol–water partition coefficient (Wildman–Crippen LogP) is 2.71. The Morgan fingerprint density at radius 2 is 1.92 bits per heavy atom. The molecular formula is C18H22N6S. The van der Waals surface area contributed by atoms with Crippen molar-refractivity contribution in [2.75, 3.05) is 37.3 Å². The molecule has 0 spiro atoms. The van der Waals surface area contributed by atoms with E-state index in [2.05, 4.69) is 61.2 Å². The molecule has 1 aliphatic heterocycles. The Labute approximate surface area is 151 Å². The molecule has 130 valence electrons. The van der Waals surface area contributed by atoms with Crippen molar-refractivity contribution >= 4 is 28.6 Å². The van der Waals surface area contributed by atoms with Crippen LogP contribution in [0.1, 0.15) is 11.1 Å². The van der Waals surface area contributed by atoms with Crippen LogP contribution in [0.15, 0.2) is 35.6 Å². The third-order valence-electron chi connectivity index (χ3n) is 4.82. The Hall–Kier alpha value is -2.12. The van der Waals surface area contributed by atoms with Gasteiger partial charge in [-0.2, -0.15) is 5.10 Å². The molecule has 1 fully saturated rings. The van der Waals surface area contributed by atoms with Crippen LogP contribution in [-0.2, 0) is 6.54 Å². The fourth-order valence-corrected chi connectivity index (χ4v) is 3.88. The average molecular weight is 354 g/mol. The number of aromatic nitrogens is 4. The lowest BCUT2D eigenvalue weighted by atomic mass is 10.1. The molecule has 6 nitrogen and oxygen atoms in total. The molecule has 0 unspecified atom stereocenters. The van der Waals surface area contributed by atoms with Crippen molar-refractivity contribution in [3.05, 3.63) is 41.7 Å². The Morgan fingerprint density at radius 3 is 2.68 bits per heavy atom. The van der Waals surface area contributed by atoms with Crippen LogP contribution in [-0.4, -0.2) is 57.5 Å². The van der Waals surface area contributed by atoms with E-state index in [9.17, 15) is 0 Å². The molecule has 3 heterocycles. The fourth-order valence-electron chi connectivity index (χ4n) is 3.35. The van der Waals surface area contributed by atoms with Gasteiger partial charge in [0.05, 0.1) is 5.39 Å². The first-order valence-electron chi connectivity index (χ1n) is 8.51. The zero-order valence-electron chi connectivity index (χ0n) is 14.6. The molecule has 0 aliphatic carbocycles. The molecule has 1 aromatic carbocycles. The molecule has 1 saturated heterocycles. The van der Waals surface area contributed by atoms with Crippen LogP contribution in [0, 0.1) is 6.92 Å². The normalized spacial score (nSPS) is 15.8. The zero-order valence-corrected chi connectivity index (χ0v) is 15.4. The number of nitrogens with zero attached hydrogens (tertiary/aromatic N) is 5. The summed E-state index contributed by atoms with van der Waals surface area (Å²) in [5.41, 5.74) is 3.60. The maximum Gasteiger partial charge on any atom is 0.161 e. The van der Waals surface area contributed by atoms with E-state index in [1.165, 1.54) is 11.1 Å². The monoisotopic (exact) mass is 354 g/mol. The summed E-state index contributed by atoms with van der Waals surface area (Å²) in [5.74, 6) is 0.999. The van der Waals surface area contributed by atoms with Crippen molar-refractivity contribution < 1.29 is 0 Å². The van der Waals surface area contributed by atoms with Crippen molar-refractivity contribution in [2.45, 2.75) is 18.5 Å². The quantitative estimate of drug-likeness (QED) is 0.727. The van der Waals surface area contributed by atoms with Gasteiger partial charge in [0.1, 0.15) is 17.2 Å². The largest absolute Gasteiger partial charge is 0.353 e. The first-order valence-corrected chi connectivity index (χ1v) is 9.73. The summed E-state index contributed by atoms with van der Waals surface area (Å²) in [6, 6.07) is 8.64. The maximum atomic E-state index is 4.56. The average Bonchev–Trinajstić information content (AvgIpc) is 3.08. The van der Waals surface area contributed by atoms with Gasteiger partial charge in [-0.25, -0.2) is 9.97 Å². The second kappa shape index (κ2) is 7.01. The molecule has 0 saturated carbocycles. The lowest BCUT2D eigenvalue weighted by molar-refractivity contribution is 0.249. The lowest BCUT2D eigenvalue weighted by Crippen LogP contribution is -2.46. The third-order valence-corrected chi connectivity index (χ3v) is 5.51. The molecule has 0 amide bonds. The van der Waals surface area contributed by atoms with Gasteiger partial charge in [0, 0.05) is 32.7 Å². The number of rotatable bonds is 4. The highest BCUT2D eigenvalue weighted by Crippen LogP contribution is 2.30. The molecule has 0 bridgehead atoms. The van der Waals surface area contributed by atoms with Gasteiger partial charge in [-0.1, -0.05) is 24.3 Å². The van der Waals surface area contributed by atoms with Crippen LogP contribution in [0.3, 0.4) is 0 Å². The SMILES string of the molecule is CSc1n[nH]c2ncnc(N3CCN(Cc4ccccc4C)CC3)c12. The van der Waals surface area contributed by atoms with Gasteiger partial charge in [-0.05, 0) is 24.3 Å². The number of thioether (sulfide) groups is 1. The summed E-state index contributed by atoms with van der Waals surface area (Å²) in [4.78, 5) is 13.7. The Morgan fingerprint density at radius 1 is 1.12 bits per heavy atom. The third kappa shape index (κ3) is 3.21. The topological polar surface area (TPSA) is 60.9 Å². The highest BCUT2D eigenvalue weighted by Gasteiger charge is 2.22. The van der Waals surface area contributed by atoms with Crippen LogP contribution in [0.2, 0.25) is 0 Å². The van der Waals surface area contributed by atoms with E-state index >= 15 is 0 Å². The van der Waals surface area contributed by atoms with E-state index in [1.54, 1.807) is 18.1 Å². The number of fused-ring (bicyclic) bond motifs is 1. The predicted molar refractivity (Wildman–Crippen MR) is 102 cm³/mol. The maximum absolute atomic E-state index is 4.56. The van der Waals surface area contributed by atoms with Crippen LogP contribution in [0.5, 0.6) is 0 Å². The van der Waals surface area contributed by atoms with Crippen molar-refractivity contribution in [3.8, 4) is 0 Å². The minimum absolute atomic E-state index is 0.816. The van der Waals surface area contributed by atoms with Gasteiger partial charge < -0.3 is 4.90 Å². The van der Waals surface area contributed by atoms with Crippen LogP contribution in [0.4, 0.5) is 5.82 Å². The number of aromatic amines is 1. The van der Waals surface area contributed by atoms with Gasteiger partial charge in [0.25, 0.3) is 0 Å². The van der Waals surface area contributed by atoms with Gasteiger partial charge in [-0.15, -0.1) is 11.8 Å². The number of hydrogen-bond acceptors (Lipinski definition) is 6. The van der Waals surface area contributed by atoms with Gasteiger partial charge in [0.2, 0.25) is 0 Å². The molecular weight excluding hydrogens is 332 g/mol. The number of piperazine rings is 1. The summed E-state index contributed by atoms with van der Waals surface area (Å²) in [7, 11) is 0. The Kier molecular flexibility index (Phi) is 4.59. The summed E-state index contributed by atoms with van der Waals surface area (Å²) in [5, 5.41) is 9.36. The van der Waals surface area contributed by atoms with E-state index in [4.69, 9.17) is 0 Å². The van der Waals surface area contributed by atoms with Crippen molar-refractivity contribution in [3.63, 3.8) is 0 Å². The van der Waals surface area contributed by atoms with E-state index in [-0.39, 0.29) is 0 Å². The molecule has 1 N–H and O–H groups in total. The van der Waals surface area contributed by atoms with Crippen molar-refractivity contribution in [1.82, 2.24) is 25.1 Å². The number of H-pyrrole nitrogens is 1. The van der Waals surface area contributed by atoms with Crippen LogP contribution >= 0.6 is 11.8 Å². The van der Waals surface area contributed by atoms with E-state index < -0.39 is 0 Å². The first kappa shape index (κ1) is 16.4. The minimum Gasteiger partial charge on any atom is -0.353 e. The molecule has 4 rings (SSSR count). The summed E-state index contributed by atoms with van der Waals surface area (Å²) < 4.78 is 0. The number of anilines is 1. The Bertz CT molecular complexity index is 869. The molecule has 0 radical (unpaired) electrons. The zero-order chi connectivity index (χ0) is 17.2. The first-order chi connectivity index (χ1) is 12.3. The number of aryl methyl sites for hydroxylation is 1. The van der Waals surface area contributed by atoms with E-state index in [1.807, 2.05) is 6.26 Å². The molecule has 3 aromatic rings. The van der Waals surface area contributed by atoms with Gasteiger partial charge in [0.15, 0.2) is 5.65 Å². The molecule has 7 heteroatoms. The lowest BCUT2D eigenvalue weighted by Gasteiger charge is -2.35. The standard InChI is InChI=1S/C18H22N6S/c1-13-5-3-4-6-14(13)11-23-7-9-24(10-8-23)17-15-16(19-12-20-17)21-22-18(15)25-2/h3-6,12H,7-11H2,1-2H3,(H,19,20,21,22). The summed E-state index contributed by atoms with van der Waals surface area (Å²) in [6.45, 7) is 7.21. The summed E-state index contributed by atoms with van der Waals surface area (Å²) >= 11 is 1.63. The Balaban J connectivity index is 1.49. The molecule has 2 aromatic heterocycles. The van der Waals surface area contributed by atoms with Crippen molar-refractivity contribution in [1.29, 1.82) is 0 Å². The minimum atomic E-state index is 0.816. The fraction of sp³-hybridized carbons (Fsp3) is 0.389. The van der Waals surface area contributed by atoms with E-state index in [0.717, 1.165) is 54.6 Å². The van der Waals surface area contributed by atoms with Crippen LogP contribution in [0.25, 0.3) is 11.0 Å². The van der Waals surface area contributed by atoms with Gasteiger partial charge >= 0.3 is 0 Å².